The Labute approximate surface area is 74.1 Å². The van der Waals surface area contributed by atoms with E-state index in [0.717, 1.165) is 10.0 Å². The minimum Gasteiger partial charge on any atom is -0.193 e. The number of nitriles is 1. The number of nitrogens with zero attached hydrogens (tertiary/aromatic N) is 1. The van der Waals surface area contributed by atoms with Crippen molar-refractivity contribution in [3.8, 4) is 6.07 Å². The first-order chi connectivity index (χ1) is 5.33. The molecular formula is C9H6BrN. The number of rotatable bonds is 1. The summed E-state index contributed by atoms with van der Waals surface area (Å²) >= 11 is 3.34. The highest BCUT2D eigenvalue weighted by molar-refractivity contribution is 9.10. The first-order valence-electron chi connectivity index (χ1n) is 3.14. The first-order valence-corrected chi connectivity index (χ1v) is 3.94. The van der Waals surface area contributed by atoms with Crippen LogP contribution in [0.3, 0.4) is 0 Å². The Bertz CT molecular complexity index is 310. The van der Waals surface area contributed by atoms with Gasteiger partial charge in [0.25, 0.3) is 0 Å². The Morgan fingerprint density at radius 2 is 2.27 bits per heavy atom. The van der Waals surface area contributed by atoms with Gasteiger partial charge in [-0.3, -0.25) is 0 Å². The van der Waals surface area contributed by atoms with Gasteiger partial charge in [0.05, 0.1) is 6.07 Å². The van der Waals surface area contributed by atoms with Gasteiger partial charge in [-0.25, -0.2) is 0 Å². The van der Waals surface area contributed by atoms with Crippen LogP contribution in [0.5, 0.6) is 0 Å². The zero-order valence-corrected chi connectivity index (χ0v) is 7.38. The number of halogens is 1. The fourth-order valence-electron chi connectivity index (χ4n) is 0.744. The average molecular weight is 208 g/mol. The first kappa shape index (κ1) is 8.03. The standard InChI is InChI=1S/C9H6BrN/c10-9-5-1-3-8(7-9)4-2-6-11/h1-5,7H. The van der Waals surface area contributed by atoms with Crippen molar-refractivity contribution in [3.63, 3.8) is 0 Å². The summed E-state index contributed by atoms with van der Waals surface area (Å²) in [5.41, 5.74) is 1.03. The number of hydrogen-bond acceptors (Lipinski definition) is 1. The molecule has 2 heteroatoms. The van der Waals surface area contributed by atoms with Crippen molar-refractivity contribution in [1.82, 2.24) is 0 Å². The van der Waals surface area contributed by atoms with E-state index >= 15 is 0 Å². The van der Waals surface area contributed by atoms with Gasteiger partial charge in [-0.05, 0) is 23.8 Å². The van der Waals surface area contributed by atoms with Gasteiger partial charge in [0.15, 0.2) is 0 Å². The molecule has 0 aliphatic carbocycles. The van der Waals surface area contributed by atoms with Crippen molar-refractivity contribution in [3.05, 3.63) is 40.4 Å². The summed E-state index contributed by atoms with van der Waals surface area (Å²) in [6, 6.07) is 9.71. The van der Waals surface area contributed by atoms with Gasteiger partial charge < -0.3 is 0 Å². The minimum absolute atomic E-state index is 1.03. The predicted molar refractivity (Wildman–Crippen MR) is 48.8 cm³/mol. The van der Waals surface area contributed by atoms with Crippen molar-refractivity contribution in [2.75, 3.05) is 0 Å². The molecule has 0 amide bonds. The van der Waals surface area contributed by atoms with Gasteiger partial charge in [-0.15, -0.1) is 0 Å². The summed E-state index contributed by atoms with van der Waals surface area (Å²) in [7, 11) is 0. The van der Waals surface area contributed by atoms with Crippen LogP contribution in [-0.4, -0.2) is 0 Å². The molecule has 1 aromatic rings. The van der Waals surface area contributed by atoms with Crippen molar-refractivity contribution < 1.29 is 0 Å². The van der Waals surface area contributed by atoms with E-state index in [1.165, 1.54) is 6.08 Å². The molecule has 0 aromatic heterocycles. The minimum atomic E-state index is 1.03. The fourth-order valence-corrected chi connectivity index (χ4v) is 1.16. The summed E-state index contributed by atoms with van der Waals surface area (Å²) in [5.74, 6) is 0. The Morgan fingerprint density at radius 3 is 2.91 bits per heavy atom. The normalized spacial score (nSPS) is 9.82. The molecule has 11 heavy (non-hydrogen) atoms. The summed E-state index contributed by atoms with van der Waals surface area (Å²) in [6.07, 6.45) is 3.23. The lowest BCUT2D eigenvalue weighted by molar-refractivity contribution is 1.53. The Hall–Kier alpha value is -1.07. The van der Waals surface area contributed by atoms with E-state index < -0.39 is 0 Å². The van der Waals surface area contributed by atoms with Gasteiger partial charge in [-0.2, -0.15) is 5.26 Å². The quantitative estimate of drug-likeness (QED) is 0.650. The molecule has 1 nitrogen and oxygen atoms in total. The van der Waals surface area contributed by atoms with E-state index in [-0.39, 0.29) is 0 Å². The Balaban J connectivity index is 2.90. The predicted octanol–water partition coefficient (Wildman–Crippen LogP) is 2.99. The summed E-state index contributed by atoms with van der Waals surface area (Å²) in [4.78, 5) is 0. The van der Waals surface area contributed by atoms with Crippen molar-refractivity contribution in [2.24, 2.45) is 0 Å². The topological polar surface area (TPSA) is 23.8 Å². The summed E-state index contributed by atoms with van der Waals surface area (Å²) in [5, 5.41) is 8.25. The second-order valence-electron chi connectivity index (χ2n) is 2.02. The smallest absolute Gasteiger partial charge is 0.0912 e. The van der Waals surface area contributed by atoms with Crippen LogP contribution in [0.2, 0.25) is 0 Å². The maximum absolute atomic E-state index is 8.25. The van der Waals surface area contributed by atoms with Gasteiger partial charge in [0.1, 0.15) is 0 Å². The lowest BCUT2D eigenvalue weighted by Gasteiger charge is -1.91. The van der Waals surface area contributed by atoms with E-state index in [1.54, 1.807) is 6.08 Å². The van der Waals surface area contributed by atoms with E-state index in [1.807, 2.05) is 30.3 Å². The highest BCUT2D eigenvalue weighted by atomic mass is 79.9. The maximum atomic E-state index is 8.25. The zero-order valence-electron chi connectivity index (χ0n) is 5.79. The SMILES string of the molecule is N#CC=Cc1cccc(Br)c1. The molecule has 0 N–H and O–H groups in total. The molecule has 0 bridgehead atoms. The third-order valence-corrected chi connectivity index (χ3v) is 1.69. The van der Waals surface area contributed by atoms with E-state index in [2.05, 4.69) is 15.9 Å². The van der Waals surface area contributed by atoms with Crippen molar-refractivity contribution >= 4 is 22.0 Å². The van der Waals surface area contributed by atoms with Gasteiger partial charge >= 0.3 is 0 Å². The average Bonchev–Trinajstić information content (AvgIpc) is 2.01. The second kappa shape index (κ2) is 3.95. The molecule has 0 radical (unpaired) electrons. The van der Waals surface area contributed by atoms with Crippen LogP contribution in [0, 0.1) is 11.3 Å². The summed E-state index contributed by atoms with van der Waals surface area (Å²) in [6.45, 7) is 0. The van der Waals surface area contributed by atoms with Gasteiger partial charge in [0, 0.05) is 10.5 Å². The van der Waals surface area contributed by atoms with Crippen LogP contribution in [-0.2, 0) is 0 Å². The second-order valence-corrected chi connectivity index (χ2v) is 2.93. The molecule has 54 valence electrons. The lowest BCUT2D eigenvalue weighted by Crippen LogP contribution is -1.69. The van der Waals surface area contributed by atoms with E-state index in [4.69, 9.17) is 5.26 Å². The van der Waals surface area contributed by atoms with Crippen LogP contribution in [0.4, 0.5) is 0 Å². The summed E-state index contributed by atoms with van der Waals surface area (Å²) < 4.78 is 1.03. The van der Waals surface area contributed by atoms with Crippen LogP contribution >= 0.6 is 15.9 Å². The molecule has 1 aromatic carbocycles. The Kier molecular flexibility index (Phi) is 2.88. The Morgan fingerprint density at radius 1 is 1.45 bits per heavy atom. The van der Waals surface area contributed by atoms with Crippen molar-refractivity contribution in [2.45, 2.75) is 0 Å². The molecule has 0 heterocycles. The van der Waals surface area contributed by atoms with Crippen molar-refractivity contribution in [1.29, 1.82) is 5.26 Å². The molecule has 0 saturated heterocycles. The number of hydrogen-bond donors (Lipinski definition) is 0. The maximum Gasteiger partial charge on any atom is 0.0912 e. The fraction of sp³-hybridized carbons (Fsp3) is 0. The van der Waals surface area contributed by atoms with E-state index in [0.29, 0.717) is 0 Å². The third-order valence-electron chi connectivity index (χ3n) is 1.20. The molecule has 0 spiro atoms. The van der Waals surface area contributed by atoms with Gasteiger partial charge in [0.2, 0.25) is 0 Å². The highest BCUT2D eigenvalue weighted by Gasteiger charge is 1.86. The van der Waals surface area contributed by atoms with Crippen LogP contribution in [0.1, 0.15) is 5.56 Å². The van der Waals surface area contributed by atoms with E-state index in [9.17, 15) is 0 Å². The molecule has 0 atom stereocenters. The molecule has 0 aliphatic rings. The molecule has 0 aliphatic heterocycles. The molecule has 0 fully saturated rings. The largest absolute Gasteiger partial charge is 0.193 e. The number of allylic oxidation sites excluding steroid dienone is 1. The molecule has 0 saturated carbocycles. The van der Waals surface area contributed by atoms with Gasteiger partial charge in [-0.1, -0.05) is 28.1 Å². The molecule has 0 unspecified atom stereocenters. The highest BCUT2D eigenvalue weighted by Crippen LogP contribution is 2.12. The van der Waals surface area contributed by atoms with Crippen LogP contribution in [0.15, 0.2) is 34.8 Å². The third kappa shape index (κ3) is 2.57. The number of benzene rings is 1. The molecule has 1 rings (SSSR count). The van der Waals surface area contributed by atoms with Crippen LogP contribution < -0.4 is 0 Å². The zero-order chi connectivity index (χ0) is 8.10. The lowest BCUT2D eigenvalue weighted by atomic mass is 10.2. The van der Waals surface area contributed by atoms with Crippen LogP contribution in [0.25, 0.3) is 6.08 Å². The molecular weight excluding hydrogens is 202 g/mol. The monoisotopic (exact) mass is 207 g/mol.